The summed E-state index contributed by atoms with van der Waals surface area (Å²) in [6, 6.07) is 9.46. The van der Waals surface area contributed by atoms with Gasteiger partial charge in [-0.25, -0.2) is 5.84 Å². The van der Waals surface area contributed by atoms with Crippen LogP contribution in [0.25, 0.3) is 5.70 Å². The van der Waals surface area contributed by atoms with Crippen molar-refractivity contribution in [2.45, 2.75) is 47.5 Å². The van der Waals surface area contributed by atoms with Gasteiger partial charge in [-0.1, -0.05) is 41.2 Å². The van der Waals surface area contributed by atoms with Crippen LogP contribution >= 0.6 is 0 Å². The molecule has 0 aliphatic heterocycles. The lowest BCUT2D eigenvalue weighted by atomic mass is 10.0. The van der Waals surface area contributed by atoms with Gasteiger partial charge in [0.1, 0.15) is 12.4 Å². The molecule has 0 saturated heterocycles. The van der Waals surface area contributed by atoms with Crippen molar-refractivity contribution in [3.63, 3.8) is 0 Å². The fourth-order valence-electron chi connectivity index (χ4n) is 2.31. The lowest BCUT2D eigenvalue weighted by Crippen LogP contribution is -2.30. The van der Waals surface area contributed by atoms with E-state index in [0.29, 0.717) is 36.7 Å². The number of nitrogens with two attached hydrogens (primary N) is 2. The SMILES string of the molecule is C=C(CC(C)C(=N)OC)N(N)/C(=C\CC#N)c1ccc(OCCN)cc1.CC.CC. The van der Waals surface area contributed by atoms with Crippen molar-refractivity contribution >= 4 is 11.6 Å². The molecule has 1 aromatic rings. The molecule has 1 aromatic carbocycles. The molecular weight excluding hydrogens is 378 g/mol. The van der Waals surface area contributed by atoms with Gasteiger partial charge in [0.2, 0.25) is 0 Å². The molecule has 0 saturated carbocycles. The quantitative estimate of drug-likeness (QED) is 0.220. The highest BCUT2D eigenvalue weighted by atomic mass is 16.5. The summed E-state index contributed by atoms with van der Waals surface area (Å²) in [4.78, 5) is 0. The predicted octanol–water partition coefficient (Wildman–Crippen LogP) is 4.67. The Morgan fingerprint density at radius 3 is 2.30 bits per heavy atom. The first-order valence-corrected chi connectivity index (χ1v) is 10.3. The number of nitrogens with one attached hydrogen (secondary N) is 1. The van der Waals surface area contributed by atoms with Crippen LogP contribution in [0, 0.1) is 22.7 Å². The molecule has 0 bridgehead atoms. The Balaban J connectivity index is 0. The normalized spacial score (nSPS) is 10.8. The fourth-order valence-corrected chi connectivity index (χ4v) is 2.31. The molecule has 0 aromatic heterocycles. The summed E-state index contributed by atoms with van der Waals surface area (Å²) < 4.78 is 10.4. The predicted molar refractivity (Wildman–Crippen MR) is 126 cm³/mol. The van der Waals surface area contributed by atoms with E-state index in [4.69, 9.17) is 31.7 Å². The topological polar surface area (TPSA) is 121 Å². The Labute approximate surface area is 182 Å². The van der Waals surface area contributed by atoms with Gasteiger partial charge >= 0.3 is 0 Å². The van der Waals surface area contributed by atoms with Crippen LogP contribution in [0.5, 0.6) is 5.75 Å². The minimum Gasteiger partial charge on any atom is -0.492 e. The molecule has 0 heterocycles. The number of benzene rings is 1. The van der Waals surface area contributed by atoms with E-state index in [0.717, 1.165) is 5.56 Å². The molecule has 0 aliphatic carbocycles. The standard InChI is InChI=1S/C19H27N5O2.2C2H6/c1-14(19(22)25-3)13-15(2)24(23)18(5-4-10-20)16-6-8-17(9-7-16)26-12-11-21;2*1-2/h5-9,14,22H,2,4,11-13,21,23H2,1,3H3;2*1-2H3/b18-5-,22-19?;;. The molecule has 0 fully saturated rings. The number of rotatable bonds is 10. The summed E-state index contributed by atoms with van der Waals surface area (Å²) in [5.74, 6) is 6.97. The van der Waals surface area contributed by atoms with E-state index in [2.05, 4.69) is 12.6 Å². The molecule has 0 amide bonds. The summed E-state index contributed by atoms with van der Waals surface area (Å²) in [6.07, 6.45) is 2.42. The molecule has 7 heteroatoms. The van der Waals surface area contributed by atoms with Gasteiger partial charge in [-0.05, 0) is 42.3 Å². The molecule has 1 rings (SSSR count). The van der Waals surface area contributed by atoms with E-state index < -0.39 is 0 Å². The average molecular weight is 418 g/mol. The number of nitriles is 1. The second kappa shape index (κ2) is 18.2. The molecule has 7 nitrogen and oxygen atoms in total. The van der Waals surface area contributed by atoms with E-state index in [1.54, 1.807) is 6.08 Å². The van der Waals surface area contributed by atoms with Crippen LogP contribution < -0.4 is 16.3 Å². The Morgan fingerprint density at radius 1 is 1.27 bits per heavy atom. The van der Waals surface area contributed by atoms with Crippen molar-refractivity contribution < 1.29 is 9.47 Å². The molecule has 0 radical (unpaired) electrons. The third-order valence-electron chi connectivity index (χ3n) is 3.73. The van der Waals surface area contributed by atoms with Gasteiger partial charge in [-0.2, -0.15) is 5.26 Å². The van der Waals surface area contributed by atoms with Crippen LogP contribution in [-0.4, -0.2) is 31.2 Å². The monoisotopic (exact) mass is 417 g/mol. The number of hydrazine groups is 1. The molecular formula is C23H39N5O2. The first-order valence-electron chi connectivity index (χ1n) is 10.3. The molecule has 168 valence electrons. The maximum absolute atomic E-state index is 8.92. The van der Waals surface area contributed by atoms with Gasteiger partial charge in [0.05, 0.1) is 25.3 Å². The highest BCUT2D eigenvalue weighted by Crippen LogP contribution is 2.25. The highest BCUT2D eigenvalue weighted by Gasteiger charge is 2.17. The molecule has 1 atom stereocenters. The van der Waals surface area contributed by atoms with E-state index in [9.17, 15) is 0 Å². The number of nitrogens with zero attached hydrogens (tertiary/aromatic N) is 2. The van der Waals surface area contributed by atoms with Gasteiger partial charge < -0.3 is 15.2 Å². The zero-order valence-electron chi connectivity index (χ0n) is 19.4. The van der Waals surface area contributed by atoms with Crippen molar-refractivity contribution in [2.24, 2.45) is 17.5 Å². The van der Waals surface area contributed by atoms with Crippen molar-refractivity contribution in [1.29, 1.82) is 10.7 Å². The van der Waals surface area contributed by atoms with Crippen LogP contribution in [0.1, 0.15) is 53.0 Å². The molecule has 0 spiro atoms. The molecule has 1 unspecified atom stereocenters. The minimum absolute atomic E-state index is 0.150. The number of hydrogen-bond acceptors (Lipinski definition) is 7. The zero-order valence-corrected chi connectivity index (χ0v) is 19.4. The number of allylic oxidation sites excluding steroid dienone is 2. The van der Waals surface area contributed by atoms with E-state index in [1.165, 1.54) is 12.1 Å². The van der Waals surface area contributed by atoms with Gasteiger partial charge in [0, 0.05) is 18.2 Å². The van der Waals surface area contributed by atoms with E-state index >= 15 is 0 Å². The van der Waals surface area contributed by atoms with Crippen molar-refractivity contribution in [3.8, 4) is 11.8 Å². The Morgan fingerprint density at radius 2 is 1.83 bits per heavy atom. The number of ether oxygens (including phenoxy) is 2. The Kier molecular flexibility index (Phi) is 17.8. The van der Waals surface area contributed by atoms with Gasteiger partial charge in [0.15, 0.2) is 5.90 Å². The fraction of sp³-hybridized carbons (Fsp3) is 0.478. The maximum atomic E-state index is 8.92. The van der Waals surface area contributed by atoms with Gasteiger partial charge in [0.25, 0.3) is 0 Å². The van der Waals surface area contributed by atoms with Crippen molar-refractivity contribution in [3.05, 3.63) is 48.2 Å². The lowest BCUT2D eigenvalue weighted by Gasteiger charge is -2.26. The number of methoxy groups -OCH3 is 1. The summed E-state index contributed by atoms with van der Waals surface area (Å²) in [5.41, 5.74) is 7.55. The van der Waals surface area contributed by atoms with Crippen LogP contribution in [0.4, 0.5) is 0 Å². The lowest BCUT2D eigenvalue weighted by molar-refractivity contribution is 0.328. The first-order chi connectivity index (χ1) is 14.4. The maximum Gasteiger partial charge on any atom is 0.183 e. The van der Waals surface area contributed by atoms with Gasteiger partial charge in [-0.3, -0.25) is 10.4 Å². The molecule has 0 aliphatic rings. The van der Waals surface area contributed by atoms with E-state index in [-0.39, 0.29) is 18.2 Å². The van der Waals surface area contributed by atoms with Crippen molar-refractivity contribution in [1.82, 2.24) is 5.01 Å². The third-order valence-corrected chi connectivity index (χ3v) is 3.73. The smallest absolute Gasteiger partial charge is 0.183 e. The zero-order chi connectivity index (χ0) is 23.5. The minimum atomic E-state index is -0.150. The van der Waals surface area contributed by atoms with Crippen LogP contribution in [-0.2, 0) is 4.74 Å². The Hall–Kier alpha value is -2.82. The summed E-state index contributed by atoms with van der Waals surface area (Å²) >= 11 is 0. The van der Waals surface area contributed by atoms with Gasteiger partial charge in [-0.15, -0.1) is 0 Å². The highest BCUT2D eigenvalue weighted by molar-refractivity contribution is 5.75. The van der Waals surface area contributed by atoms with Crippen LogP contribution in [0.2, 0.25) is 0 Å². The van der Waals surface area contributed by atoms with E-state index in [1.807, 2.05) is 58.9 Å². The van der Waals surface area contributed by atoms with Crippen LogP contribution in [0.15, 0.2) is 42.6 Å². The second-order valence-electron chi connectivity index (χ2n) is 5.72. The summed E-state index contributed by atoms with van der Waals surface area (Å²) in [5, 5.41) is 18.1. The molecule has 30 heavy (non-hydrogen) atoms. The molecule has 5 N–H and O–H groups in total. The first kappa shape index (κ1) is 29.4. The summed E-state index contributed by atoms with van der Waals surface area (Å²) in [6.45, 7) is 14.8. The van der Waals surface area contributed by atoms with Crippen molar-refractivity contribution in [2.75, 3.05) is 20.3 Å². The summed E-state index contributed by atoms with van der Waals surface area (Å²) in [7, 11) is 1.47. The third kappa shape index (κ3) is 10.6. The largest absolute Gasteiger partial charge is 0.492 e. The van der Waals surface area contributed by atoms with Crippen LogP contribution in [0.3, 0.4) is 0 Å². The second-order valence-corrected chi connectivity index (χ2v) is 5.72. The average Bonchev–Trinajstić information content (AvgIpc) is 2.80. The Bertz CT molecular complexity index is 678. The number of hydrogen-bond donors (Lipinski definition) is 3.